The monoisotopic (exact) mass is 142 g/mol. The van der Waals surface area contributed by atoms with Crippen molar-refractivity contribution in [2.45, 2.75) is 13.8 Å². The SMILES string of the molecule is C[C@@H]1C[NH+](C)C[C@@H](C)C1=O. The van der Waals surface area contributed by atoms with E-state index in [2.05, 4.69) is 7.05 Å². The average molecular weight is 142 g/mol. The van der Waals surface area contributed by atoms with Crippen molar-refractivity contribution in [3.05, 3.63) is 0 Å². The normalized spacial score (nSPS) is 41.9. The van der Waals surface area contributed by atoms with Crippen molar-refractivity contribution in [1.29, 1.82) is 0 Å². The minimum Gasteiger partial charge on any atom is -0.336 e. The van der Waals surface area contributed by atoms with E-state index in [4.69, 9.17) is 0 Å². The van der Waals surface area contributed by atoms with Crippen LogP contribution in [0.25, 0.3) is 0 Å². The molecule has 0 aromatic carbocycles. The molecule has 1 saturated heterocycles. The Labute approximate surface area is 62.2 Å². The van der Waals surface area contributed by atoms with Crippen LogP contribution >= 0.6 is 0 Å². The third-order valence-electron chi connectivity index (χ3n) is 2.28. The van der Waals surface area contributed by atoms with Crippen LogP contribution < -0.4 is 4.90 Å². The molecule has 2 atom stereocenters. The Morgan fingerprint density at radius 3 is 2.10 bits per heavy atom. The molecule has 0 aromatic heterocycles. The molecule has 0 aromatic rings. The second kappa shape index (κ2) is 2.70. The van der Waals surface area contributed by atoms with E-state index in [-0.39, 0.29) is 11.8 Å². The Hall–Kier alpha value is -0.370. The molecule has 1 rings (SSSR count). The maximum absolute atomic E-state index is 11.3. The number of carbonyl (C=O) groups excluding carboxylic acids is 1. The van der Waals surface area contributed by atoms with Crippen molar-refractivity contribution in [1.82, 2.24) is 0 Å². The van der Waals surface area contributed by atoms with Gasteiger partial charge < -0.3 is 4.90 Å². The quantitative estimate of drug-likeness (QED) is 0.477. The molecule has 0 unspecified atom stereocenters. The van der Waals surface area contributed by atoms with E-state index in [9.17, 15) is 4.79 Å². The van der Waals surface area contributed by atoms with Gasteiger partial charge in [-0.3, -0.25) is 4.79 Å². The third-order valence-corrected chi connectivity index (χ3v) is 2.28. The maximum atomic E-state index is 11.3. The number of ketones is 1. The Balaban J connectivity index is 2.57. The minimum atomic E-state index is 0.281. The zero-order chi connectivity index (χ0) is 7.72. The lowest BCUT2D eigenvalue weighted by Gasteiger charge is -2.27. The predicted molar refractivity (Wildman–Crippen MR) is 40.0 cm³/mol. The largest absolute Gasteiger partial charge is 0.336 e. The van der Waals surface area contributed by atoms with Crippen LogP contribution in [0, 0.1) is 11.8 Å². The fourth-order valence-electron chi connectivity index (χ4n) is 1.82. The molecule has 0 saturated carbocycles. The summed E-state index contributed by atoms with van der Waals surface area (Å²) in [6.45, 7) is 6.09. The zero-order valence-corrected chi connectivity index (χ0v) is 6.98. The summed E-state index contributed by atoms with van der Waals surface area (Å²) < 4.78 is 0. The average Bonchev–Trinajstić information content (AvgIpc) is 1.82. The van der Waals surface area contributed by atoms with Gasteiger partial charge >= 0.3 is 0 Å². The standard InChI is InChI=1S/C8H15NO/c1-6-4-9(3)5-7(2)8(6)10/h6-7H,4-5H2,1-3H3/p+1/t6-,7-/m1/s1. The van der Waals surface area contributed by atoms with Gasteiger partial charge in [-0.25, -0.2) is 0 Å². The second-order valence-electron chi connectivity index (χ2n) is 3.57. The van der Waals surface area contributed by atoms with E-state index < -0.39 is 0 Å². The molecule has 0 aliphatic carbocycles. The van der Waals surface area contributed by atoms with Crippen LogP contribution in [-0.4, -0.2) is 25.9 Å². The molecule has 1 heterocycles. The molecular formula is C8H16NO+. The van der Waals surface area contributed by atoms with Gasteiger partial charge in [0.05, 0.1) is 32.0 Å². The molecule has 58 valence electrons. The van der Waals surface area contributed by atoms with Gasteiger partial charge in [-0.15, -0.1) is 0 Å². The number of hydrogen-bond donors (Lipinski definition) is 1. The van der Waals surface area contributed by atoms with Gasteiger partial charge in [-0.1, -0.05) is 13.8 Å². The summed E-state index contributed by atoms with van der Waals surface area (Å²) in [6.07, 6.45) is 0. The van der Waals surface area contributed by atoms with Crippen LogP contribution in [0.5, 0.6) is 0 Å². The summed E-state index contributed by atoms with van der Waals surface area (Å²) in [6, 6.07) is 0. The molecule has 1 aliphatic rings. The lowest BCUT2D eigenvalue weighted by molar-refractivity contribution is -0.887. The molecule has 1 aliphatic heterocycles. The number of likely N-dealkylation sites (tertiary alicyclic amines) is 1. The van der Waals surface area contributed by atoms with Crippen LogP contribution in [0.4, 0.5) is 0 Å². The highest BCUT2D eigenvalue weighted by atomic mass is 16.1. The van der Waals surface area contributed by atoms with Gasteiger partial charge in [0.1, 0.15) is 5.78 Å². The Bertz CT molecular complexity index is 130. The number of Topliss-reactive ketones (excluding diaryl/α,β-unsaturated/α-hetero) is 1. The summed E-state index contributed by atoms with van der Waals surface area (Å²) >= 11 is 0. The molecule has 1 fully saturated rings. The number of quaternary nitrogens is 1. The zero-order valence-electron chi connectivity index (χ0n) is 6.98. The number of carbonyl (C=O) groups is 1. The van der Waals surface area contributed by atoms with Crippen molar-refractivity contribution in [2.75, 3.05) is 20.1 Å². The minimum absolute atomic E-state index is 0.281. The molecule has 10 heavy (non-hydrogen) atoms. The Morgan fingerprint density at radius 1 is 1.30 bits per heavy atom. The summed E-state index contributed by atoms with van der Waals surface area (Å²) in [5.41, 5.74) is 0. The van der Waals surface area contributed by atoms with Crippen molar-refractivity contribution in [3.8, 4) is 0 Å². The van der Waals surface area contributed by atoms with E-state index >= 15 is 0 Å². The summed E-state index contributed by atoms with van der Waals surface area (Å²) in [5, 5.41) is 0. The first kappa shape index (κ1) is 7.73. The smallest absolute Gasteiger partial charge is 0.149 e. The highest BCUT2D eigenvalue weighted by Crippen LogP contribution is 2.06. The first-order chi connectivity index (χ1) is 4.61. The second-order valence-corrected chi connectivity index (χ2v) is 3.57. The van der Waals surface area contributed by atoms with Crippen LogP contribution in [0.3, 0.4) is 0 Å². The topological polar surface area (TPSA) is 21.5 Å². The fraction of sp³-hybridized carbons (Fsp3) is 0.875. The van der Waals surface area contributed by atoms with E-state index in [1.807, 2.05) is 13.8 Å². The molecule has 0 bridgehead atoms. The molecule has 2 nitrogen and oxygen atoms in total. The first-order valence-corrected chi connectivity index (χ1v) is 3.96. The van der Waals surface area contributed by atoms with Crippen LogP contribution in [-0.2, 0) is 4.79 Å². The number of nitrogens with one attached hydrogen (secondary N) is 1. The lowest BCUT2D eigenvalue weighted by Crippen LogP contribution is -3.12. The molecule has 2 heteroatoms. The van der Waals surface area contributed by atoms with Gasteiger partial charge in [0.25, 0.3) is 0 Å². The Kier molecular flexibility index (Phi) is 2.09. The predicted octanol–water partition coefficient (Wildman–Crippen LogP) is -0.644. The van der Waals surface area contributed by atoms with Gasteiger partial charge in [0, 0.05) is 0 Å². The van der Waals surface area contributed by atoms with Gasteiger partial charge in [0.15, 0.2) is 0 Å². The molecule has 1 N–H and O–H groups in total. The maximum Gasteiger partial charge on any atom is 0.149 e. The fourth-order valence-corrected chi connectivity index (χ4v) is 1.82. The summed E-state index contributed by atoms with van der Waals surface area (Å²) in [7, 11) is 2.15. The van der Waals surface area contributed by atoms with E-state index in [0.29, 0.717) is 5.78 Å². The van der Waals surface area contributed by atoms with E-state index in [1.54, 1.807) is 0 Å². The van der Waals surface area contributed by atoms with Gasteiger partial charge in [-0.2, -0.15) is 0 Å². The van der Waals surface area contributed by atoms with Crippen molar-refractivity contribution >= 4 is 5.78 Å². The molecule has 0 amide bonds. The van der Waals surface area contributed by atoms with Gasteiger partial charge in [-0.05, 0) is 0 Å². The molecule has 0 spiro atoms. The highest BCUT2D eigenvalue weighted by molar-refractivity contribution is 5.83. The molecule has 0 radical (unpaired) electrons. The third kappa shape index (κ3) is 1.37. The number of hydrogen-bond acceptors (Lipinski definition) is 1. The number of piperidine rings is 1. The van der Waals surface area contributed by atoms with Crippen molar-refractivity contribution in [2.24, 2.45) is 11.8 Å². The van der Waals surface area contributed by atoms with Crippen molar-refractivity contribution < 1.29 is 9.69 Å². The van der Waals surface area contributed by atoms with Gasteiger partial charge in [0.2, 0.25) is 0 Å². The van der Waals surface area contributed by atoms with Crippen LogP contribution in [0.2, 0.25) is 0 Å². The number of rotatable bonds is 0. The molecular weight excluding hydrogens is 126 g/mol. The van der Waals surface area contributed by atoms with E-state index in [0.717, 1.165) is 13.1 Å². The first-order valence-electron chi connectivity index (χ1n) is 3.96. The lowest BCUT2D eigenvalue weighted by atomic mass is 9.91. The van der Waals surface area contributed by atoms with Crippen LogP contribution in [0.15, 0.2) is 0 Å². The summed E-state index contributed by atoms with van der Waals surface area (Å²) in [5.74, 6) is 1.01. The summed E-state index contributed by atoms with van der Waals surface area (Å²) in [4.78, 5) is 12.7. The van der Waals surface area contributed by atoms with Crippen LogP contribution in [0.1, 0.15) is 13.8 Å². The van der Waals surface area contributed by atoms with E-state index in [1.165, 1.54) is 4.90 Å². The van der Waals surface area contributed by atoms with Crippen molar-refractivity contribution in [3.63, 3.8) is 0 Å². The Morgan fingerprint density at radius 2 is 1.70 bits per heavy atom. The highest BCUT2D eigenvalue weighted by Gasteiger charge is 2.30.